The second-order valence-corrected chi connectivity index (χ2v) is 4.07. The molecule has 0 saturated carbocycles. The van der Waals surface area contributed by atoms with Crippen LogP contribution in [0.5, 0.6) is 0 Å². The van der Waals surface area contributed by atoms with Gasteiger partial charge in [0.1, 0.15) is 11.9 Å². The number of rotatable bonds is 3. The third-order valence-electron chi connectivity index (χ3n) is 2.97. The average molecular weight is 231 g/mol. The lowest BCUT2D eigenvalue weighted by Gasteiger charge is -2.25. The Hall–Kier alpha value is -2.09. The Morgan fingerprint density at radius 2 is 2.53 bits per heavy atom. The molecule has 1 aromatic heterocycles. The summed E-state index contributed by atoms with van der Waals surface area (Å²) in [5.41, 5.74) is 0.504. The third kappa shape index (κ3) is 2.36. The van der Waals surface area contributed by atoms with Crippen LogP contribution in [0.2, 0.25) is 0 Å². The minimum atomic E-state index is -0.809. The molecule has 5 heteroatoms. The van der Waals surface area contributed by atoms with Crippen molar-refractivity contribution in [3.63, 3.8) is 0 Å². The highest BCUT2D eigenvalue weighted by Gasteiger charge is 2.28. The number of nitriles is 1. The van der Waals surface area contributed by atoms with Gasteiger partial charge in [0.15, 0.2) is 0 Å². The maximum atomic E-state index is 10.8. The van der Waals surface area contributed by atoms with E-state index >= 15 is 0 Å². The van der Waals surface area contributed by atoms with Gasteiger partial charge in [0.2, 0.25) is 0 Å². The summed E-state index contributed by atoms with van der Waals surface area (Å²) in [6.45, 7) is 0.768. The van der Waals surface area contributed by atoms with E-state index in [1.807, 2.05) is 4.90 Å². The van der Waals surface area contributed by atoms with Crippen LogP contribution in [0.3, 0.4) is 0 Å². The minimum Gasteiger partial charge on any atom is -0.481 e. The number of carboxylic acid groups (broad SMARTS) is 1. The lowest BCUT2D eigenvalue weighted by Crippen LogP contribution is -2.32. The van der Waals surface area contributed by atoms with Crippen molar-refractivity contribution in [2.45, 2.75) is 25.3 Å². The summed E-state index contributed by atoms with van der Waals surface area (Å²) >= 11 is 0. The molecule has 17 heavy (non-hydrogen) atoms. The first-order chi connectivity index (χ1) is 8.22. The van der Waals surface area contributed by atoms with E-state index in [4.69, 9.17) is 10.4 Å². The normalized spacial score (nSPS) is 19.0. The number of hydrogen-bond donors (Lipinski definition) is 1. The number of pyridine rings is 1. The summed E-state index contributed by atoms with van der Waals surface area (Å²) in [6.07, 6.45) is 3.51. The standard InChI is InChI=1S/C12H13N3O2/c13-8-9-3-1-5-14-12(9)15-6-2-4-10(15)7-11(16)17/h1,3,5,10H,2,4,6-7H2,(H,16,17). The van der Waals surface area contributed by atoms with E-state index in [1.165, 1.54) is 0 Å². The molecule has 0 amide bonds. The Morgan fingerprint density at radius 1 is 1.71 bits per heavy atom. The molecule has 0 radical (unpaired) electrons. The number of carboxylic acids is 1. The van der Waals surface area contributed by atoms with Crippen molar-refractivity contribution in [1.82, 2.24) is 4.98 Å². The number of aliphatic carboxylic acids is 1. The lowest BCUT2D eigenvalue weighted by molar-refractivity contribution is -0.137. The topological polar surface area (TPSA) is 77.2 Å². The van der Waals surface area contributed by atoms with E-state index in [0.717, 1.165) is 19.4 Å². The molecule has 0 spiro atoms. The SMILES string of the molecule is N#Cc1cccnc1N1CCCC1CC(=O)O. The van der Waals surface area contributed by atoms with Gasteiger partial charge in [-0.2, -0.15) is 5.26 Å². The highest BCUT2D eigenvalue weighted by molar-refractivity contribution is 5.69. The molecule has 1 aromatic rings. The van der Waals surface area contributed by atoms with Gasteiger partial charge in [-0.15, -0.1) is 0 Å². The third-order valence-corrected chi connectivity index (χ3v) is 2.97. The van der Waals surface area contributed by atoms with E-state index in [1.54, 1.807) is 18.3 Å². The van der Waals surface area contributed by atoms with Crippen LogP contribution in [0.15, 0.2) is 18.3 Å². The summed E-state index contributed by atoms with van der Waals surface area (Å²) in [6, 6.07) is 5.47. The van der Waals surface area contributed by atoms with Gasteiger partial charge >= 0.3 is 5.97 Å². The molecular weight excluding hydrogens is 218 g/mol. The molecular formula is C12H13N3O2. The Balaban J connectivity index is 2.26. The molecule has 1 fully saturated rings. The van der Waals surface area contributed by atoms with E-state index in [9.17, 15) is 4.79 Å². The number of nitrogens with zero attached hydrogens (tertiary/aromatic N) is 3. The molecule has 1 N–H and O–H groups in total. The van der Waals surface area contributed by atoms with Crippen molar-refractivity contribution >= 4 is 11.8 Å². The van der Waals surface area contributed by atoms with E-state index < -0.39 is 5.97 Å². The zero-order valence-electron chi connectivity index (χ0n) is 9.33. The second-order valence-electron chi connectivity index (χ2n) is 4.07. The summed E-state index contributed by atoms with van der Waals surface area (Å²) in [5, 5.41) is 17.9. The number of carbonyl (C=O) groups is 1. The van der Waals surface area contributed by atoms with Gasteiger partial charge in [-0.3, -0.25) is 4.79 Å². The van der Waals surface area contributed by atoms with Crippen molar-refractivity contribution in [1.29, 1.82) is 5.26 Å². The van der Waals surface area contributed by atoms with E-state index in [0.29, 0.717) is 11.4 Å². The first-order valence-electron chi connectivity index (χ1n) is 5.56. The maximum Gasteiger partial charge on any atom is 0.305 e. The Kier molecular flexibility index (Phi) is 3.24. The fourth-order valence-electron chi connectivity index (χ4n) is 2.24. The van der Waals surface area contributed by atoms with Crippen molar-refractivity contribution in [2.75, 3.05) is 11.4 Å². The Bertz CT molecular complexity index is 467. The van der Waals surface area contributed by atoms with Gasteiger partial charge in [-0.1, -0.05) is 0 Å². The van der Waals surface area contributed by atoms with Crippen LogP contribution < -0.4 is 4.90 Å². The zero-order valence-corrected chi connectivity index (χ0v) is 9.33. The van der Waals surface area contributed by atoms with Crippen molar-refractivity contribution < 1.29 is 9.90 Å². The Labute approximate surface area is 99.3 Å². The van der Waals surface area contributed by atoms with Gasteiger partial charge in [0, 0.05) is 18.8 Å². The molecule has 0 bridgehead atoms. The molecule has 1 unspecified atom stereocenters. The smallest absolute Gasteiger partial charge is 0.305 e. The molecule has 2 rings (SSSR count). The summed E-state index contributed by atoms with van der Waals surface area (Å²) in [4.78, 5) is 16.9. The van der Waals surface area contributed by atoms with Crippen LogP contribution in [0.4, 0.5) is 5.82 Å². The van der Waals surface area contributed by atoms with Crippen molar-refractivity contribution in [3.05, 3.63) is 23.9 Å². The molecule has 2 heterocycles. The van der Waals surface area contributed by atoms with Gasteiger partial charge in [0.05, 0.1) is 12.0 Å². The predicted octanol–water partition coefficient (Wildman–Crippen LogP) is 1.40. The fraction of sp³-hybridized carbons (Fsp3) is 0.417. The largest absolute Gasteiger partial charge is 0.481 e. The fourth-order valence-corrected chi connectivity index (χ4v) is 2.24. The highest BCUT2D eigenvalue weighted by Crippen LogP contribution is 2.27. The average Bonchev–Trinajstić information content (AvgIpc) is 2.76. The first-order valence-corrected chi connectivity index (χ1v) is 5.56. The maximum absolute atomic E-state index is 10.8. The first kappa shape index (κ1) is 11.4. The molecule has 1 atom stereocenters. The molecule has 0 aromatic carbocycles. The van der Waals surface area contributed by atoms with Crippen LogP contribution in [0.25, 0.3) is 0 Å². The second kappa shape index (κ2) is 4.83. The van der Waals surface area contributed by atoms with Crippen LogP contribution >= 0.6 is 0 Å². The molecule has 88 valence electrons. The number of anilines is 1. The summed E-state index contributed by atoms with van der Waals surface area (Å²) in [5.74, 6) is -0.199. The highest BCUT2D eigenvalue weighted by atomic mass is 16.4. The Morgan fingerprint density at radius 3 is 3.24 bits per heavy atom. The van der Waals surface area contributed by atoms with Gasteiger partial charge < -0.3 is 10.0 Å². The summed E-state index contributed by atoms with van der Waals surface area (Å²) in [7, 11) is 0. The van der Waals surface area contributed by atoms with Crippen LogP contribution in [0, 0.1) is 11.3 Å². The van der Waals surface area contributed by atoms with E-state index in [2.05, 4.69) is 11.1 Å². The quantitative estimate of drug-likeness (QED) is 0.850. The van der Waals surface area contributed by atoms with Gasteiger partial charge in [0.25, 0.3) is 0 Å². The summed E-state index contributed by atoms with van der Waals surface area (Å²) < 4.78 is 0. The zero-order chi connectivity index (χ0) is 12.3. The van der Waals surface area contributed by atoms with E-state index in [-0.39, 0.29) is 12.5 Å². The van der Waals surface area contributed by atoms with Crippen LogP contribution in [-0.2, 0) is 4.79 Å². The predicted molar refractivity (Wildman–Crippen MR) is 61.6 cm³/mol. The monoisotopic (exact) mass is 231 g/mol. The molecule has 1 aliphatic heterocycles. The number of hydrogen-bond acceptors (Lipinski definition) is 4. The molecule has 5 nitrogen and oxygen atoms in total. The van der Waals surface area contributed by atoms with Crippen LogP contribution in [0.1, 0.15) is 24.8 Å². The lowest BCUT2D eigenvalue weighted by atomic mass is 10.1. The molecule has 0 aliphatic carbocycles. The van der Waals surface area contributed by atoms with Crippen molar-refractivity contribution in [2.24, 2.45) is 0 Å². The molecule has 1 saturated heterocycles. The van der Waals surface area contributed by atoms with Crippen molar-refractivity contribution in [3.8, 4) is 6.07 Å². The number of aromatic nitrogens is 1. The van der Waals surface area contributed by atoms with Crippen LogP contribution in [-0.4, -0.2) is 28.6 Å². The molecule has 1 aliphatic rings. The van der Waals surface area contributed by atoms with Gasteiger partial charge in [-0.25, -0.2) is 4.98 Å². The van der Waals surface area contributed by atoms with Gasteiger partial charge in [-0.05, 0) is 25.0 Å². The minimum absolute atomic E-state index is 0.0468.